The number of halogens is 2. The molecule has 29 heavy (non-hydrogen) atoms. The van der Waals surface area contributed by atoms with E-state index in [0.29, 0.717) is 18.6 Å². The summed E-state index contributed by atoms with van der Waals surface area (Å²) in [4.78, 5) is 12.3. The van der Waals surface area contributed by atoms with Gasteiger partial charge >= 0.3 is 5.91 Å². The number of carbonyl (C=O) groups is 1. The van der Waals surface area contributed by atoms with Crippen molar-refractivity contribution in [3.63, 3.8) is 0 Å². The van der Waals surface area contributed by atoms with E-state index in [1.54, 1.807) is 30.5 Å². The zero-order valence-corrected chi connectivity index (χ0v) is 18.6. The molecule has 1 amide bonds. The standard InChI is InChI=1S/C22H18Br2N2O3/c1-3-5-15-9-14(10-18(24)21(15)28-8-4-2)13-25-26-22(27)20-12-16-11-17(23)6-7-19(16)29-20/h3-4,6-7,9-13H,1-2,5,8H2,(H,26,27)/b25-13+. The van der Waals surface area contributed by atoms with Gasteiger partial charge in [-0.3, -0.25) is 4.79 Å². The summed E-state index contributed by atoms with van der Waals surface area (Å²) < 4.78 is 13.0. The van der Waals surface area contributed by atoms with Crippen molar-refractivity contribution < 1.29 is 13.9 Å². The third kappa shape index (κ3) is 5.25. The Morgan fingerprint density at radius 1 is 1.17 bits per heavy atom. The Morgan fingerprint density at radius 2 is 2.00 bits per heavy atom. The minimum atomic E-state index is -0.426. The Labute approximate surface area is 185 Å². The maximum atomic E-state index is 12.3. The van der Waals surface area contributed by atoms with Crippen molar-refractivity contribution >= 4 is 55.0 Å². The predicted molar refractivity (Wildman–Crippen MR) is 123 cm³/mol. The van der Waals surface area contributed by atoms with Crippen LogP contribution in [0.5, 0.6) is 5.75 Å². The third-order valence-electron chi connectivity index (χ3n) is 3.93. The second kappa shape index (κ2) is 9.71. The van der Waals surface area contributed by atoms with Gasteiger partial charge in [0.1, 0.15) is 17.9 Å². The molecule has 1 aromatic heterocycles. The Balaban J connectivity index is 1.75. The highest BCUT2D eigenvalue weighted by molar-refractivity contribution is 9.10. The van der Waals surface area contributed by atoms with Crippen LogP contribution in [0.2, 0.25) is 0 Å². The number of fused-ring (bicyclic) bond motifs is 1. The molecule has 1 N–H and O–H groups in total. The van der Waals surface area contributed by atoms with Crippen molar-refractivity contribution in [2.24, 2.45) is 5.10 Å². The Kier molecular flexibility index (Phi) is 7.06. The quantitative estimate of drug-likeness (QED) is 0.226. The second-order valence-electron chi connectivity index (χ2n) is 6.08. The van der Waals surface area contributed by atoms with Gasteiger partial charge in [0.15, 0.2) is 5.76 Å². The average molecular weight is 518 g/mol. The topological polar surface area (TPSA) is 63.8 Å². The van der Waals surface area contributed by atoms with Gasteiger partial charge in [0.25, 0.3) is 0 Å². The summed E-state index contributed by atoms with van der Waals surface area (Å²) in [5.41, 5.74) is 4.87. The molecule has 0 fully saturated rings. The van der Waals surface area contributed by atoms with Gasteiger partial charge in [0.05, 0.1) is 10.7 Å². The second-order valence-corrected chi connectivity index (χ2v) is 7.85. The molecule has 0 aliphatic carbocycles. The molecule has 0 saturated heterocycles. The first-order valence-corrected chi connectivity index (χ1v) is 10.3. The average Bonchev–Trinajstić information content (AvgIpc) is 3.11. The zero-order valence-electron chi connectivity index (χ0n) is 15.5. The van der Waals surface area contributed by atoms with Crippen LogP contribution < -0.4 is 10.2 Å². The number of hydrazone groups is 1. The first kappa shape index (κ1) is 21.1. The normalized spacial score (nSPS) is 11.0. The van der Waals surface area contributed by atoms with E-state index in [1.807, 2.05) is 24.3 Å². The molecule has 2 aromatic carbocycles. The van der Waals surface area contributed by atoms with Gasteiger partial charge < -0.3 is 9.15 Å². The van der Waals surface area contributed by atoms with E-state index >= 15 is 0 Å². The van der Waals surface area contributed by atoms with E-state index in [-0.39, 0.29) is 5.76 Å². The van der Waals surface area contributed by atoms with Crippen LogP contribution in [0.25, 0.3) is 11.0 Å². The summed E-state index contributed by atoms with van der Waals surface area (Å²) in [6, 6.07) is 11.0. The molecule has 3 aromatic rings. The van der Waals surface area contributed by atoms with Crippen molar-refractivity contribution in [1.29, 1.82) is 0 Å². The number of rotatable bonds is 8. The summed E-state index contributed by atoms with van der Waals surface area (Å²) in [7, 11) is 0. The van der Waals surface area contributed by atoms with Crippen molar-refractivity contribution in [3.05, 3.63) is 87.5 Å². The fraction of sp³-hybridized carbons (Fsp3) is 0.0909. The number of nitrogens with one attached hydrogen (secondary N) is 1. The van der Waals surface area contributed by atoms with E-state index in [2.05, 4.69) is 55.5 Å². The minimum Gasteiger partial charge on any atom is -0.488 e. The van der Waals surface area contributed by atoms with Crippen molar-refractivity contribution in [2.45, 2.75) is 6.42 Å². The van der Waals surface area contributed by atoms with E-state index in [1.165, 1.54) is 0 Å². The van der Waals surface area contributed by atoms with Crippen molar-refractivity contribution in [2.75, 3.05) is 6.61 Å². The summed E-state index contributed by atoms with van der Waals surface area (Å²) in [5, 5.41) is 4.88. The fourth-order valence-corrected chi connectivity index (χ4v) is 3.72. The molecule has 0 saturated carbocycles. The Bertz CT molecular complexity index is 1100. The Morgan fingerprint density at radius 3 is 2.76 bits per heavy atom. The molecule has 0 spiro atoms. The largest absolute Gasteiger partial charge is 0.488 e. The molecule has 0 atom stereocenters. The number of benzene rings is 2. The molecule has 0 radical (unpaired) electrons. The smallest absolute Gasteiger partial charge is 0.307 e. The van der Waals surface area contributed by atoms with Gasteiger partial charge in [-0.15, -0.1) is 6.58 Å². The lowest BCUT2D eigenvalue weighted by Crippen LogP contribution is -2.16. The number of hydrogen-bond acceptors (Lipinski definition) is 4. The van der Waals surface area contributed by atoms with Crippen LogP contribution >= 0.6 is 31.9 Å². The summed E-state index contributed by atoms with van der Waals surface area (Å²) in [6.45, 7) is 7.85. The van der Waals surface area contributed by atoms with E-state index < -0.39 is 5.91 Å². The molecule has 148 valence electrons. The van der Waals surface area contributed by atoms with Crippen LogP contribution in [0.4, 0.5) is 0 Å². The van der Waals surface area contributed by atoms with Crippen LogP contribution in [0.3, 0.4) is 0 Å². The number of allylic oxidation sites excluding steroid dienone is 1. The van der Waals surface area contributed by atoms with Crippen LogP contribution in [-0.4, -0.2) is 18.7 Å². The molecular formula is C22H18Br2N2O3. The number of hydrogen-bond donors (Lipinski definition) is 1. The van der Waals surface area contributed by atoms with E-state index in [4.69, 9.17) is 9.15 Å². The zero-order chi connectivity index (χ0) is 20.8. The molecule has 3 rings (SSSR count). The molecule has 1 heterocycles. The molecule has 0 aliphatic heterocycles. The minimum absolute atomic E-state index is 0.192. The lowest BCUT2D eigenvalue weighted by atomic mass is 10.1. The van der Waals surface area contributed by atoms with Crippen molar-refractivity contribution in [1.82, 2.24) is 5.43 Å². The number of carbonyl (C=O) groups excluding carboxylic acids is 1. The molecule has 0 aliphatic rings. The van der Waals surface area contributed by atoms with Crippen molar-refractivity contribution in [3.8, 4) is 5.75 Å². The summed E-state index contributed by atoms with van der Waals surface area (Å²) in [5.74, 6) is 0.501. The van der Waals surface area contributed by atoms with Gasteiger partial charge in [0.2, 0.25) is 0 Å². The molecule has 0 bridgehead atoms. The van der Waals surface area contributed by atoms with Gasteiger partial charge in [-0.25, -0.2) is 5.43 Å². The first-order valence-electron chi connectivity index (χ1n) is 8.71. The maximum Gasteiger partial charge on any atom is 0.307 e. The van der Waals surface area contributed by atoms with Crippen LogP contribution in [0, 0.1) is 0 Å². The molecule has 0 unspecified atom stereocenters. The monoisotopic (exact) mass is 516 g/mol. The highest BCUT2D eigenvalue weighted by atomic mass is 79.9. The highest BCUT2D eigenvalue weighted by Crippen LogP contribution is 2.31. The number of nitrogens with zero attached hydrogens (tertiary/aromatic N) is 1. The lowest BCUT2D eigenvalue weighted by molar-refractivity contribution is 0.0929. The number of ether oxygens (including phenoxy) is 1. The molecule has 5 nitrogen and oxygen atoms in total. The lowest BCUT2D eigenvalue weighted by Gasteiger charge is -2.12. The number of amides is 1. The van der Waals surface area contributed by atoms with Crippen LogP contribution in [0.1, 0.15) is 21.7 Å². The van der Waals surface area contributed by atoms with Gasteiger partial charge in [-0.2, -0.15) is 5.10 Å². The summed E-state index contributed by atoms with van der Waals surface area (Å²) in [6.07, 6.45) is 5.68. The fourth-order valence-electron chi connectivity index (χ4n) is 2.71. The van der Waals surface area contributed by atoms with Gasteiger partial charge in [0, 0.05) is 9.86 Å². The third-order valence-corrected chi connectivity index (χ3v) is 5.02. The molecular weight excluding hydrogens is 500 g/mol. The van der Waals surface area contributed by atoms with Gasteiger partial charge in [-0.05, 0) is 69.9 Å². The maximum absolute atomic E-state index is 12.3. The van der Waals surface area contributed by atoms with Gasteiger partial charge in [-0.1, -0.05) is 34.7 Å². The summed E-state index contributed by atoms with van der Waals surface area (Å²) >= 11 is 6.92. The highest BCUT2D eigenvalue weighted by Gasteiger charge is 2.12. The SMILES string of the molecule is C=CCOc1c(Br)cc(/C=N/NC(=O)c2cc3cc(Br)ccc3o2)cc1CC=C. The van der Waals surface area contributed by atoms with Crippen LogP contribution in [0.15, 0.2) is 80.2 Å². The van der Waals surface area contributed by atoms with E-state index in [9.17, 15) is 4.79 Å². The Hall–Kier alpha value is -2.64. The number of furan rings is 1. The van der Waals surface area contributed by atoms with Crippen LogP contribution in [-0.2, 0) is 6.42 Å². The molecule has 7 heteroatoms. The predicted octanol–water partition coefficient (Wildman–Crippen LogP) is 6.02. The van der Waals surface area contributed by atoms with E-state index in [0.717, 1.165) is 31.2 Å². The first-order chi connectivity index (χ1) is 14.0.